The summed E-state index contributed by atoms with van der Waals surface area (Å²) < 4.78 is 1.99. The SMILES string of the molecule is CCCc1c(CN)nnn1Cc1cccc2ccccc12. The van der Waals surface area contributed by atoms with Gasteiger partial charge < -0.3 is 5.73 Å². The highest BCUT2D eigenvalue weighted by Gasteiger charge is 2.12. The Morgan fingerprint density at radius 2 is 1.90 bits per heavy atom. The van der Waals surface area contributed by atoms with E-state index < -0.39 is 0 Å². The van der Waals surface area contributed by atoms with Crippen LogP contribution in [0.3, 0.4) is 0 Å². The largest absolute Gasteiger partial charge is 0.325 e. The molecule has 0 atom stereocenters. The summed E-state index contributed by atoms with van der Waals surface area (Å²) in [6, 6.07) is 14.8. The van der Waals surface area contributed by atoms with Crippen LogP contribution in [0.25, 0.3) is 10.8 Å². The van der Waals surface area contributed by atoms with Crippen LogP contribution in [0.1, 0.15) is 30.3 Å². The number of aromatic nitrogens is 3. The topological polar surface area (TPSA) is 56.7 Å². The zero-order chi connectivity index (χ0) is 14.7. The first kappa shape index (κ1) is 13.8. The summed E-state index contributed by atoms with van der Waals surface area (Å²) in [7, 11) is 0. The predicted octanol–water partition coefficient (Wildman–Crippen LogP) is 2.89. The molecule has 0 aliphatic heterocycles. The Balaban J connectivity index is 2.01. The highest BCUT2D eigenvalue weighted by Crippen LogP contribution is 2.20. The first-order valence-electron chi connectivity index (χ1n) is 7.41. The number of hydrogen-bond donors (Lipinski definition) is 1. The van der Waals surface area contributed by atoms with Gasteiger partial charge >= 0.3 is 0 Å². The molecule has 0 saturated heterocycles. The molecule has 1 aromatic heterocycles. The van der Waals surface area contributed by atoms with Crippen molar-refractivity contribution in [2.75, 3.05) is 0 Å². The second-order valence-corrected chi connectivity index (χ2v) is 5.23. The number of fused-ring (bicyclic) bond motifs is 1. The maximum atomic E-state index is 5.76. The first-order chi connectivity index (χ1) is 10.3. The van der Waals surface area contributed by atoms with Crippen molar-refractivity contribution in [3.05, 3.63) is 59.4 Å². The van der Waals surface area contributed by atoms with Gasteiger partial charge in [0.2, 0.25) is 0 Å². The van der Waals surface area contributed by atoms with Gasteiger partial charge in [-0.2, -0.15) is 0 Å². The lowest BCUT2D eigenvalue weighted by Gasteiger charge is -2.09. The van der Waals surface area contributed by atoms with Crippen LogP contribution in [-0.4, -0.2) is 15.0 Å². The van der Waals surface area contributed by atoms with Crippen molar-refractivity contribution in [2.45, 2.75) is 32.9 Å². The predicted molar refractivity (Wildman–Crippen MR) is 85.0 cm³/mol. The van der Waals surface area contributed by atoms with Crippen molar-refractivity contribution in [1.29, 1.82) is 0 Å². The number of benzene rings is 2. The van der Waals surface area contributed by atoms with Gasteiger partial charge in [-0.25, -0.2) is 4.68 Å². The van der Waals surface area contributed by atoms with E-state index in [2.05, 4.69) is 59.7 Å². The van der Waals surface area contributed by atoms with Crippen molar-refractivity contribution < 1.29 is 0 Å². The van der Waals surface area contributed by atoms with Crippen LogP contribution in [-0.2, 0) is 19.5 Å². The Morgan fingerprint density at radius 3 is 2.71 bits per heavy atom. The lowest BCUT2D eigenvalue weighted by molar-refractivity contribution is 0.615. The van der Waals surface area contributed by atoms with E-state index in [1.54, 1.807) is 0 Å². The molecule has 21 heavy (non-hydrogen) atoms. The van der Waals surface area contributed by atoms with E-state index in [-0.39, 0.29) is 0 Å². The zero-order valence-electron chi connectivity index (χ0n) is 12.3. The molecule has 2 N–H and O–H groups in total. The minimum Gasteiger partial charge on any atom is -0.325 e. The summed E-state index contributed by atoms with van der Waals surface area (Å²) in [5.41, 5.74) is 9.10. The summed E-state index contributed by atoms with van der Waals surface area (Å²) in [6.45, 7) is 3.35. The fourth-order valence-electron chi connectivity index (χ4n) is 2.76. The van der Waals surface area contributed by atoms with Gasteiger partial charge in [0.1, 0.15) is 0 Å². The molecular weight excluding hydrogens is 260 g/mol. The van der Waals surface area contributed by atoms with Gasteiger partial charge in [0.05, 0.1) is 17.9 Å². The quantitative estimate of drug-likeness (QED) is 0.782. The molecule has 0 spiro atoms. The van der Waals surface area contributed by atoms with Crippen LogP contribution < -0.4 is 5.73 Å². The third kappa shape index (κ3) is 2.67. The number of nitrogens with two attached hydrogens (primary N) is 1. The molecule has 0 bridgehead atoms. The minimum absolute atomic E-state index is 0.449. The third-order valence-electron chi connectivity index (χ3n) is 3.80. The highest BCUT2D eigenvalue weighted by molar-refractivity contribution is 5.85. The van der Waals surface area contributed by atoms with Gasteiger partial charge in [-0.3, -0.25) is 0 Å². The molecule has 3 rings (SSSR count). The average Bonchev–Trinajstić information content (AvgIpc) is 2.90. The molecule has 0 amide bonds. The Morgan fingerprint density at radius 1 is 1.10 bits per heavy atom. The number of nitrogens with zero attached hydrogens (tertiary/aromatic N) is 3. The Kier molecular flexibility index (Phi) is 3.97. The molecule has 4 nitrogen and oxygen atoms in total. The monoisotopic (exact) mass is 280 g/mol. The summed E-state index contributed by atoms with van der Waals surface area (Å²) in [4.78, 5) is 0. The van der Waals surface area contributed by atoms with Gasteiger partial charge in [-0.1, -0.05) is 61.0 Å². The van der Waals surface area contributed by atoms with Crippen LogP contribution in [0.4, 0.5) is 0 Å². The maximum absolute atomic E-state index is 5.76. The molecule has 0 saturated carbocycles. The smallest absolute Gasteiger partial charge is 0.0994 e. The van der Waals surface area contributed by atoms with E-state index in [4.69, 9.17) is 5.73 Å². The molecule has 0 radical (unpaired) electrons. The van der Waals surface area contributed by atoms with Crippen LogP contribution >= 0.6 is 0 Å². The minimum atomic E-state index is 0.449. The fraction of sp³-hybridized carbons (Fsp3) is 0.294. The summed E-state index contributed by atoms with van der Waals surface area (Å²) in [6.07, 6.45) is 2.03. The van der Waals surface area contributed by atoms with Crippen molar-refractivity contribution in [1.82, 2.24) is 15.0 Å². The van der Waals surface area contributed by atoms with Gasteiger partial charge in [0.25, 0.3) is 0 Å². The van der Waals surface area contributed by atoms with Gasteiger partial charge in [-0.15, -0.1) is 5.10 Å². The van der Waals surface area contributed by atoms with E-state index in [0.29, 0.717) is 6.54 Å². The van der Waals surface area contributed by atoms with Crippen molar-refractivity contribution >= 4 is 10.8 Å². The summed E-state index contributed by atoms with van der Waals surface area (Å²) in [5, 5.41) is 11.0. The van der Waals surface area contributed by atoms with Crippen LogP contribution in [0.15, 0.2) is 42.5 Å². The van der Waals surface area contributed by atoms with E-state index in [9.17, 15) is 0 Å². The molecule has 0 aliphatic carbocycles. The number of hydrogen-bond acceptors (Lipinski definition) is 3. The Bertz CT molecular complexity index is 740. The normalized spacial score (nSPS) is 11.1. The molecule has 108 valence electrons. The maximum Gasteiger partial charge on any atom is 0.0994 e. The molecule has 1 heterocycles. The molecule has 4 heteroatoms. The lowest BCUT2D eigenvalue weighted by atomic mass is 10.0. The fourth-order valence-corrected chi connectivity index (χ4v) is 2.76. The van der Waals surface area contributed by atoms with Crippen LogP contribution in [0.2, 0.25) is 0 Å². The van der Waals surface area contributed by atoms with E-state index >= 15 is 0 Å². The second-order valence-electron chi connectivity index (χ2n) is 5.23. The van der Waals surface area contributed by atoms with Crippen molar-refractivity contribution in [3.8, 4) is 0 Å². The van der Waals surface area contributed by atoms with Crippen molar-refractivity contribution in [3.63, 3.8) is 0 Å². The Labute approximate surface area is 124 Å². The van der Waals surface area contributed by atoms with Gasteiger partial charge in [0.15, 0.2) is 0 Å². The lowest BCUT2D eigenvalue weighted by Crippen LogP contribution is -2.09. The van der Waals surface area contributed by atoms with E-state index in [1.807, 2.05) is 4.68 Å². The standard InChI is InChI=1S/C17H20N4/c1-2-6-17-16(11-18)19-20-21(17)12-14-9-5-8-13-7-3-4-10-15(13)14/h3-5,7-10H,2,6,11-12,18H2,1H3. The van der Waals surface area contributed by atoms with Gasteiger partial charge in [0, 0.05) is 6.54 Å². The van der Waals surface area contributed by atoms with E-state index in [0.717, 1.165) is 30.8 Å². The zero-order valence-corrected chi connectivity index (χ0v) is 12.3. The van der Waals surface area contributed by atoms with Crippen LogP contribution in [0, 0.1) is 0 Å². The molecule has 0 fully saturated rings. The van der Waals surface area contributed by atoms with Crippen molar-refractivity contribution in [2.24, 2.45) is 5.73 Å². The first-order valence-corrected chi connectivity index (χ1v) is 7.41. The molecule has 3 aromatic rings. The second kappa shape index (κ2) is 6.06. The Hall–Kier alpha value is -2.20. The highest BCUT2D eigenvalue weighted by atomic mass is 15.4. The molecular formula is C17H20N4. The third-order valence-corrected chi connectivity index (χ3v) is 3.80. The summed E-state index contributed by atoms with van der Waals surface area (Å²) >= 11 is 0. The number of rotatable bonds is 5. The van der Waals surface area contributed by atoms with Gasteiger partial charge in [-0.05, 0) is 22.8 Å². The molecule has 2 aromatic carbocycles. The molecule has 0 aliphatic rings. The average molecular weight is 280 g/mol. The van der Waals surface area contributed by atoms with Crippen LogP contribution in [0.5, 0.6) is 0 Å². The summed E-state index contributed by atoms with van der Waals surface area (Å²) in [5.74, 6) is 0. The molecule has 0 unspecified atom stereocenters. The van der Waals surface area contributed by atoms with E-state index in [1.165, 1.54) is 16.3 Å².